The van der Waals surface area contributed by atoms with Crippen LogP contribution in [0.25, 0.3) is 5.69 Å². The minimum absolute atomic E-state index is 0.0285. The number of nitrogens with zero attached hydrogens (tertiary/aromatic N) is 3. The number of anilines is 1. The molecule has 1 aromatic heterocycles. The van der Waals surface area contributed by atoms with E-state index < -0.39 is 10.0 Å². The molecule has 9 heteroatoms. The second kappa shape index (κ2) is 10.0. The fourth-order valence-corrected chi connectivity index (χ4v) is 4.84. The van der Waals surface area contributed by atoms with E-state index in [4.69, 9.17) is 4.74 Å². The van der Waals surface area contributed by atoms with Gasteiger partial charge in [-0.25, -0.2) is 13.4 Å². The van der Waals surface area contributed by atoms with Crippen molar-refractivity contribution in [1.82, 2.24) is 14.9 Å². The van der Waals surface area contributed by atoms with Crippen molar-refractivity contribution < 1.29 is 17.9 Å². The quantitative estimate of drug-likeness (QED) is 0.400. The van der Waals surface area contributed by atoms with Crippen LogP contribution in [0.4, 0.5) is 5.69 Å². The van der Waals surface area contributed by atoms with Gasteiger partial charge in [0.05, 0.1) is 30.1 Å². The van der Waals surface area contributed by atoms with E-state index >= 15 is 0 Å². The van der Waals surface area contributed by atoms with Crippen molar-refractivity contribution in [2.24, 2.45) is 0 Å². The molecule has 0 radical (unpaired) electrons. The Morgan fingerprint density at radius 3 is 2.40 bits per heavy atom. The topological polar surface area (TPSA) is 93.5 Å². The number of benzene rings is 3. The largest absolute Gasteiger partial charge is 0.497 e. The number of imidazole rings is 1. The summed E-state index contributed by atoms with van der Waals surface area (Å²) in [5.41, 5.74) is 2.62. The van der Waals surface area contributed by atoms with Crippen LogP contribution < -0.4 is 14.4 Å². The van der Waals surface area contributed by atoms with E-state index in [0.717, 1.165) is 11.3 Å². The molecule has 0 spiro atoms. The molecular formula is C26H26N4O4S. The summed E-state index contributed by atoms with van der Waals surface area (Å²) in [6.45, 7) is 1.88. The van der Waals surface area contributed by atoms with Crippen LogP contribution in [0.3, 0.4) is 0 Å². The van der Waals surface area contributed by atoms with Gasteiger partial charge in [0.15, 0.2) is 0 Å². The molecule has 35 heavy (non-hydrogen) atoms. The third kappa shape index (κ3) is 5.20. The van der Waals surface area contributed by atoms with Crippen LogP contribution in [0.2, 0.25) is 0 Å². The Labute approximate surface area is 204 Å². The number of ether oxygens (including phenoxy) is 1. The van der Waals surface area contributed by atoms with E-state index in [9.17, 15) is 13.2 Å². The fourth-order valence-electron chi connectivity index (χ4n) is 3.60. The minimum Gasteiger partial charge on any atom is -0.497 e. The van der Waals surface area contributed by atoms with E-state index in [1.165, 1.54) is 23.5 Å². The number of hydrogen-bond acceptors (Lipinski definition) is 5. The second-order valence-electron chi connectivity index (χ2n) is 7.96. The van der Waals surface area contributed by atoms with Gasteiger partial charge in [-0.05, 0) is 67.1 Å². The lowest BCUT2D eigenvalue weighted by Crippen LogP contribution is -2.28. The molecule has 8 nitrogen and oxygen atoms in total. The highest BCUT2D eigenvalue weighted by molar-refractivity contribution is 7.92. The first-order chi connectivity index (χ1) is 16.8. The maximum Gasteiger partial charge on any atom is 0.264 e. The summed E-state index contributed by atoms with van der Waals surface area (Å²) in [7, 11) is -0.853. The van der Waals surface area contributed by atoms with Crippen molar-refractivity contribution >= 4 is 21.6 Å². The average molecular weight is 491 g/mol. The van der Waals surface area contributed by atoms with Crippen molar-refractivity contribution in [3.05, 3.63) is 103 Å². The molecule has 0 bridgehead atoms. The SMILES string of the molecule is COc1ccc(N(C)S(=O)(=O)c2cccc(C(=O)N[C@H](C)c3ccc(-n4ccnc4)cc3)c2)cc1. The summed E-state index contributed by atoms with van der Waals surface area (Å²) in [6, 6.07) is 20.2. The molecule has 0 aliphatic heterocycles. The average Bonchev–Trinajstić information content (AvgIpc) is 3.43. The molecule has 180 valence electrons. The molecule has 0 saturated heterocycles. The van der Waals surface area contributed by atoms with Gasteiger partial charge in [-0.2, -0.15) is 0 Å². The molecule has 0 saturated carbocycles. The molecular weight excluding hydrogens is 464 g/mol. The summed E-state index contributed by atoms with van der Waals surface area (Å²) in [5.74, 6) is 0.268. The highest BCUT2D eigenvalue weighted by atomic mass is 32.2. The molecule has 1 atom stereocenters. The van der Waals surface area contributed by atoms with Gasteiger partial charge in [0.25, 0.3) is 15.9 Å². The van der Waals surface area contributed by atoms with Gasteiger partial charge >= 0.3 is 0 Å². The first-order valence-corrected chi connectivity index (χ1v) is 12.4. The van der Waals surface area contributed by atoms with Crippen LogP contribution in [-0.2, 0) is 10.0 Å². The number of rotatable bonds is 8. The van der Waals surface area contributed by atoms with Crippen molar-refractivity contribution in [1.29, 1.82) is 0 Å². The summed E-state index contributed by atoms with van der Waals surface area (Å²) in [6.07, 6.45) is 5.28. The predicted molar refractivity (Wildman–Crippen MR) is 134 cm³/mol. The molecule has 4 aromatic rings. The lowest BCUT2D eigenvalue weighted by atomic mass is 10.1. The Hall–Kier alpha value is -4.11. The number of hydrogen-bond donors (Lipinski definition) is 1. The Bertz CT molecular complexity index is 1400. The molecule has 3 aromatic carbocycles. The summed E-state index contributed by atoms with van der Waals surface area (Å²) < 4.78 is 34.6. The number of sulfonamides is 1. The molecule has 0 fully saturated rings. The Morgan fingerprint density at radius 2 is 1.77 bits per heavy atom. The van der Waals surface area contributed by atoms with Crippen LogP contribution in [0.1, 0.15) is 28.9 Å². The zero-order chi connectivity index (χ0) is 25.0. The number of carbonyl (C=O) groups excluding carboxylic acids is 1. The Kier molecular flexibility index (Phi) is 6.88. The van der Waals surface area contributed by atoms with Crippen molar-refractivity contribution in [2.45, 2.75) is 17.9 Å². The van der Waals surface area contributed by atoms with E-state index in [-0.39, 0.29) is 22.4 Å². The van der Waals surface area contributed by atoms with Gasteiger partial charge in [0.1, 0.15) is 5.75 Å². The first kappa shape index (κ1) is 24.0. The predicted octanol–water partition coefficient (Wildman–Crippen LogP) is 4.20. The van der Waals surface area contributed by atoms with E-state index in [2.05, 4.69) is 10.3 Å². The van der Waals surface area contributed by atoms with Crippen LogP contribution in [0.15, 0.2) is 96.4 Å². The monoisotopic (exact) mass is 490 g/mol. The molecule has 4 rings (SSSR count). The second-order valence-corrected chi connectivity index (χ2v) is 9.92. The Balaban J connectivity index is 1.49. The molecule has 0 aliphatic carbocycles. The van der Waals surface area contributed by atoms with Gasteiger partial charge in [-0.1, -0.05) is 18.2 Å². The summed E-state index contributed by atoms with van der Waals surface area (Å²) >= 11 is 0. The standard InChI is InChI=1S/C26H26N4O4S/c1-19(20-7-9-23(10-8-20)30-16-15-27-18-30)28-26(31)21-5-4-6-25(17-21)35(32,33)29(2)22-11-13-24(34-3)14-12-22/h4-19H,1-3H3,(H,28,31)/t19-/m1/s1. The van der Waals surface area contributed by atoms with Crippen molar-refractivity contribution in [2.75, 3.05) is 18.5 Å². The van der Waals surface area contributed by atoms with Crippen LogP contribution in [0, 0.1) is 0 Å². The summed E-state index contributed by atoms with van der Waals surface area (Å²) in [4.78, 5) is 17.0. The zero-order valence-electron chi connectivity index (χ0n) is 19.6. The molecule has 0 unspecified atom stereocenters. The van der Waals surface area contributed by atoms with Gasteiger partial charge < -0.3 is 14.6 Å². The zero-order valence-corrected chi connectivity index (χ0v) is 20.4. The number of nitrogens with one attached hydrogen (secondary N) is 1. The van der Waals surface area contributed by atoms with Crippen molar-refractivity contribution in [3.63, 3.8) is 0 Å². The van der Waals surface area contributed by atoms with E-state index in [1.807, 2.05) is 42.0 Å². The number of aromatic nitrogens is 2. The van der Waals surface area contributed by atoms with Gasteiger partial charge in [0, 0.05) is 30.7 Å². The normalized spacial score (nSPS) is 12.1. The highest BCUT2D eigenvalue weighted by Gasteiger charge is 2.23. The van der Waals surface area contributed by atoms with Crippen LogP contribution in [0.5, 0.6) is 5.75 Å². The number of methoxy groups -OCH3 is 1. The molecule has 0 aliphatic rings. The molecule has 1 heterocycles. The highest BCUT2D eigenvalue weighted by Crippen LogP contribution is 2.25. The number of amides is 1. The molecule has 1 amide bonds. The first-order valence-electron chi connectivity index (χ1n) is 10.9. The minimum atomic E-state index is -3.87. The van der Waals surface area contributed by atoms with E-state index in [0.29, 0.717) is 11.4 Å². The number of carbonyl (C=O) groups is 1. The summed E-state index contributed by atoms with van der Waals surface area (Å²) in [5, 5.41) is 2.94. The fraction of sp³-hybridized carbons (Fsp3) is 0.154. The maximum absolute atomic E-state index is 13.2. The maximum atomic E-state index is 13.2. The van der Waals surface area contributed by atoms with Crippen LogP contribution in [-0.4, -0.2) is 38.0 Å². The van der Waals surface area contributed by atoms with Gasteiger partial charge in [0.2, 0.25) is 0 Å². The van der Waals surface area contributed by atoms with Crippen LogP contribution >= 0.6 is 0 Å². The van der Waals surface area contributed by atoms with Gasteiger partial charge in [-0.15, -0.1) is 0 Å². The smallest absolute Gasteiger partial charge is 0.264 e. The lowest BCUT2D eigenvalue weighted by molar-refractivity contribution is 0.0939. The van der Waals surface area contributed by atoms with E-state index in [1.54, 1.807) is 56.0 Å². The van der Waals surface area contributed by atoms with Crippen molar-refractivity contribution in [3.8, 4) is 11.4 Å². The lowest BCUT2D eigenvalue weighted by Gasteiger charge is -2.20. The third-order valence-corrected chi connectivity index (χ3v) is 7.52. The van der Waals surface area contributed by atoms with Gasteiger partial charge in [-0.3, -0.25) is 9.10 Å². The third-order valence-electron chi connectivity index (χ3n) is 5.73. The Morgan fingerprint density at radius 1 is 1.06 bits per heavy atom. The molecule has 1 N–H and O–H groups in total.